The van der Waals surface area contributed by atoms with E-state index in [4.69, 9.17) is 10.5 Å². The molecule has 0 bridgehead atoms. The second kappa shape index (κ2) is 4.67. The molecule has 0 spiro atoms. The summed E-state index contributed by atoms with van der Waals surface area (Å²) < 4.78 is 5.14. The van der Waals surface area contributed by atoms with Gasteiger partial charge in [-0.1, -0.05) is 17.9 Å². The van der Waals surface area contributed by atoms with E-state index in [9.17, 15) is 0 Å². The average molecular weight is 196 g/mol. The van der Waals surface area contributed by atoms with Crippen molar-refractivity contribution in [2.24, 2.45) is 0 Å². The third-order valence-corrected chi connectivity index (χ3v) is 2.10. The van der Waals surface area contributed by atoms with Crippen LogP contribution in [0.15, 0.2) is 24.6 Å². The maximum absolute atomic E-state index is 5.46. The van der Waals surface area contributed by atoms with Crippen LogP contribution >= 0.6 is 11.3 Å². The van der Waals surface area contributed by atoms with Crippen LogP contribution < -0.4 is 5.73 Å². The maximum Gasteiger partial charge on any atom is 0.180 e. The second-order valence-electron chi connectivity index (χ2n) is 2.33. The highest BCUT2D eigenvalue weighted by Crippen LogP contribution is 2.16. The lowest BCUT2D eigenvalue weighted by atomic mass is 10.4. The number of rotatable bonds is 4. The fourth-order valence-corrected chi connectivity index (χ4v) is 1.37. The minimum atomic E-state index is 0.571. The zero-order valence-electron chi connectivity index (χ0n) is 7.49. The van der Waals surface area contributed by atoms with Crippen molar-refractivity contribution < 1.29 is 4.74 Å². The smallest absolute Gasteiger partial charge is 0.180 e. The molecule has 0 aliphatic heterocycles. The van der Waals surface area contributed by atoms with Gasteiger partial charge >= 0.3 is 0 Å². The van der Waals surface area contributed by atoms with Gasteiger partial charge in [-0.15, -0.1) is 0 Å². The van der Waals surface area contributed by atoms with E-state index < -0.39 is 0 Å². The van der Waals surface area contributed by atoms with Gasteiger partial charge in [-0.3, -0.25) is 0 Å². The largest absolute Gasteiger partial charge is 0.495 e. The van der Waals surface area contributed by atoms with Crippen molar-refractivity contribution in [1.82, 2.24) is 4.98 Å². The van der Waals surface area contributed by atoms with Crippen molar-refractivity contribution >= 4 is 22.5 Å². The molecule has 13 heavy (non-hydrogen) atoms. The Kier molecular flexibility index (Phi) is 3.52. The number of anilines is 1. The standard InChI is InChI=1S/C9H12N2OS/c1-3-12-7(2)4-5-8-6-11-9(10)13-8/h4-6H,2-3H2,1H3,(H2,10,11)/b5-4+. The summed E-state index contributed by atoms with van der Waals surface area (Å²) in [6.45, 7) is 6.26. The SMILES string of the molecule is C=C(/C=C/c1cnc(N)s1)OCC. The Morgan fingerprint density at radius 2 is 2.62 bits per heavy atom. The number of hydrogen-bond donors (Lipinski definition) is 1. The first-order valence-corrected chi connectivity index (χ1v) is 4.75. The Bertz CT molecular complexity index is 317. The highest BCUT2D eigenvalue weighted by atomic mass is 32.1. The molecule has 0 fully saturated rings. The summed E-state index contributed by atoms with van der Waals surface area (Å²) in [6, 6.07) is 0. The zero-order chi connectivity index (χ0) is 9.68. The molecule has 0 aliphatic rings. The zero-order valence-corrected chi connectivity index (χ0v) is 8.30. The van der Waals surface area contributed by atoms with Crippen molar-refractivity contribution in [2.45, 2.75) is 6.92 Å². The molecule has 1 rings (SSSR count). The van der Waals surface area contributed by atoms with Crippen LogP contribution in [0, 0.1) is 0 Å². The van der Waals surface area contributed by atoms with Crippen molar-refractivity contribution in [2.75, 3.05) is 12.3 Å². The number of ether oxygens (including phenoxy) is 1. The van der Waals surface area contributed by atoms with E-state index in [2.05, 4.69) is 11.6 Å². The monoisotopic (exact) mass is 196 g/mol. The lowest BCUT2D eigenvalue weighted by Gasteiger charge is -1.98. The van der Waals surface area contributed by atoms with Gasteiger partial charge in [0.25, 0.3) is 0 Å². The van der Waals surface area contributed by atoms with Gasteiger partial charge < -0.3 is 10.5 Å². The molecule has 0 atom stereocenters. The van der Waals surface area contributed by atoms with Crippen LogP contribution in [0.3, 0.4) is 0 Å². The Morgan fingerprint density at radius 1 is 1.85 bits per heavy atom. The van der Waals surface area contributed by atoms with Gasteiger partial charge in [0.2, 0.25) is 0 Å². The summed E-state index contributed by atoms with van der Waals surface area (Å²) in [7, 11) is 0. The number of nitrogen functional groups attached to an aromatic ring is 1. The second-order valence-corrected chi connectivity index (χ2v) is 3.43. The fraction of sp³-hybridized carbons (Fsp3) is 0.222. The average Bonchev–Trinajstić information content (AvgIpc) is 2.49. The molecule has 1 aromatic heterocycles. The van der Waals surface area contributed by atoms with Crippen LogP contribution in [-0.4, -0.2) is 11.6 Å². The van der Waals surface area contributed by atoms with E-state index in [0.29, 0.717) is 17.5 Å². The number of nitrogens with zero attached hydrogens (tertiary/aromatic N) is 1. The Morgan fingerprint density at radius 3 is 3.15 bits per heavy atom. The van der Waals surface area contributed by atoms with Gasteiger partial charge in [0.05, 0.1) is 6.61 Å². The number of hydrogen-bond acceptors (Lipinski definition) is 4. The summed E-state index contributed by atoms with van der Waals surface area (Å²) in [6.07, 6.45) is 5.40. The van der Waals surface area contributed by atoms with Crippen molar-refractivity contribution in [3.8, 4) is 0 Å². The first-order valence-electron chi connectivity index (χ1n) is 3.93. The van der Waals surface area contributed by atoms with Crippen LogP contribution in [0.25, 0.3) is 6.08 Å². The molecule has 0 radical (unpaired) electrons. The van der Waals surface area contributed by atoms with Gasteiger partial charge in [-0.25, -0.2) is 4.98 Å². The minimum absolute atomic E-state index is 0.571. The molecular formula is C9H12N2OS. The van der Waals surface area contributed by atoms with Crippen LogP contribution in [0.2, 0.25) is 0 Å². The van der Waals surface area contributed by atoms with Crippen molar-refractivity contribution in [3.05, 3.63) is 29.5 Å². The third-order valence-electron chi connectivity index (χ3n) is 1.30. The van der Waals surface area contributed by atoms with Gasteiger partial charge in [0, 0.05) is 11.1 Å². The van der Waals surface area contributed by atoms with Crippen LogP contribution in [0.1, 0.15) is 11.8 Å². The molecule has 1 aromatic rings. The van der Waals surface area contributed by atoms with Crippen molar-refractivity contribution in [3.63, 3.8) is 0 Å². The molecule has 0 saturated heterocycles. The third kappa shape index (κ3) is 3.29. The predicted octanol–water partition coefficient (Wildman–Crippen LogP) is 2.29. The predicted molar refractivity (Wildman–Crippen MR) is 56.3 cm³/mol. The summed E-state index contributed by atoms with van der Waals surface area (Å²) >= 11 is 1.43. The summed E-state index contributed by atoms with van der Waals surface area (Å²) in [4.78, 5) is 4.91. The lowest BCUT2D eigenvalue weighted by molar-refractivity contribution is 0.244. The van der Waals surface area contributed by atoms with Crippen LogP contribution in [-0.2, 0) is 4.74 Å². The number of thiazole rings is 1. The van der Waals surface area contributed by atoms with E-state index in [0.717, 1.165) is 4.88 Å². The van der Waals surface area contributed by atoms with E-state index in [1.807, 2.05) is 13.0 Å². The topological polar surface area (TPSA) is 48.1 Å². The normalized spacial score (nSPS) is 10.5. The lowest BCUT2D eigenvalue weighted by Crippen LogP contribution is -1.84. The van der Waals surface area contributed by atoms with Crippen molar-refractivity contribution in [1.29, 1.82) is 0 Å². The molecule has 4 heteroatoms. The maximum atomic E-state index is 5.46. The van der Waals surface area contributed by atoms with E-state index in [1.165, 1.54) is 11.3 Å². The first kappa shape index (κ1) is 9.80. The fourth-order valence-electron chi connectivity index (χ4n) is 0.786. The van der Waals surface area contributed by atoms with Crippen LogP contribution in [0.5, 0.6) is 0 Å². The molecule has 0 aromatic carbocycles. The van der Waals surface area contributed by atoms with Gasteiger partial charge in [-0.2, -0.15) is 0 Å². The molecule has 0 aliphatic carbocycles. The number of aromatic nitrogens is 1. The Hall–Kier alpha value is -1.29. The van der Waals surface area contributed by atoms with Crippen LogP contribution in [0.4, 0.5) is 5.13 Å². The molecule has 70 valence electrons. The first-order chi connectivity index (χ1) is 6.22. The molecule has 1 heterocycles. The molecule has 0 unspecified atom stereocenters. The number of allylic oxidation sites excluding steroid dienone is 1. The molecule has 0 amide bonds. The summed E-state index contributed by atoms with van der Waals surface area (Å²) in [5.74, 6) is 0.648. The van der Waals surface area contributed by atoms with Gasteiger partial charge in [0.1, 0.15) is 5.76 Å². The Balaban J connectivity index is 2.53. The summed E-state index contributed by atoms with van der Waals surface area (Å²) in [5.41, 5.74) is 5.46. The Labute approximate surface area is 81.6 Å². The molecule has 2 N–H and O–H groups in total. The summed E-state index contributed by atoms with van der Waals surface area (Å²) in [5, 5.41) is 0.571. The highest BCUT2D eigenvalue weighted by Gasteiger charge is 1.93. The van der Waals surface area contributed by atoms with Gasteiger partial charge in [0.15, 0.2) is 5.13 Å². The van der Waals surface area contributed by atoms with Gasteiger partial charge in [-0.05, 0) is 19.1 Å². The highest BCUT2D eigenvalue weighted by molar-refractivity contribution is 7.16. The molecule has 3 nitrogen and oxygen atoms in total. The van der Waals surface area contributed by atoms with E-state index in [-0.39, 0.29) is 0 Å². The van der Waals surface area contributed by atoms with E-state index in [1.54, 1.807) is 12.3 Å². The molecule has 0 saturated carbocycles. The van der Waals surface area contributed by atoms with E-state index >= 15 is 0 Å². The minimum Gasteiger partial charge on any atom is -0.495 e. The molecular weight excluding hydrogens is 184 g/mol. The number of nitrogens with two attached hydrogens (primary N) is 1. The quantitative estimate of drug-likeness (QED) is 0.593.